The maximum Gasteiger partial charge on any atom is 0.242 e. The summed E-state index contributed by atoms with van der Waals surface area (Å²) in [6.07, 6.45) is 1.23. The van der Waals surface area contributed by atoms with Crippen LogP contribution in [0.15, 0.2) is 23.1 Å². The van der Waals surface area contributed by atoms with E-state index in [-0.39, 0.29) is 4.90 Å². The Morgan fingerprint density at radius 2 is 2.20 bits per heavy atom. The molecule has 0 aliphatic carbocycles. The molecule has 112 valence electrons. The Bertz CT molecular complexity index is 567. The van der Waals surface area contributed by atoms with Crippen LogP contribution in [0.1, 0.15) is 6.42 Å². The summed E-state index contributed by atoms with van der Waals surface area (Å²) in [4.78, 5) is 0.224. The first kappa shape index (κ1) is 15.5. The zero-order valence-corrected chi connectivity index (χ0v) is 13.4. The summed E-state index contributed by atoms with van der Waals surface area (Å²) in [5, 5.41) is 3.32. The number of rotatable bonds is 5. The van der Waals surface area contributed by atoms with Crippen LogP contribution in [0.3, 0.4) is 0 Å². The summed E-state index contributed by atoms with van der Waals surface area (Å²) in [5.41, 5.74) is 7.23. The van der Waals surface area contributed by atoms with E-state index in [9.17, 15) is 8.42 Å². The highest BCUT2D eigenvalue weighted by Gasteiger charge is 2.19. The SMILES string of the molecule is CN(C)S(=O)(=O)c1ccc(NCC2CCSC2)c(N)c1. The number of thioether (sulfide) groups is 1. The third kappa shape index (κ3) is 3.39. The summed E-state index contributed by atoms with van der Waals surface area (Å²) in [6.45, 7) is 0.886. The van der Waals surface area contributed by atoms with Gasteiger partial charge >= 0.3 is 0 Å². The van der Waals surface area contributed by atoms with Gasteiger partial charge in [-0.15, -0.1) is 0 Å². The summed E-state index contributed by atoms with van der Waals surface area (Å²) < 4.78 is 25.2. The van der Waals surface area contributed by atoms with Crippen molar-refractivity contribution in [1.82, 2.24) is 4.31 Å². The maximum absolute atomic E-state index is 12.0. The van der Waals surface area contributed by atoms with Crippen molar-refractivity contribution >= 4 is 33.2 Å². The largest absolute Gasteiger partial charge is 0.397 e. The van der Waals surface area contributed by atoms with Gasteiger partial charge in [0.05, 0.1) is 16.3 Å². The molecule has 0 aromatic heterocycles. The van der Waals surface area contributed by atoms with E-state index in [1.807, 2.05) is 11.8 Å². The predicted octanol–water partition coefficient (Wildman–Crippen LogP) is 1.68. The molecule has 1 unspecified atom stereocenters. The Labute approximate surface area is 125 Å². The molecule has 7 heteroatoms. The number of sulfonamides is 1. The van der Waals surface area contributed by atoms with Crippen LogP contribution < -0.4 is 11.1 Å². The highest BCUT2D eigenvalue weighted by molar-refractivity contribution is 7.99. The smallest absolute Gasteiger partial charge is 0.242 e. The van der Waals surface area contributed by atoms with Crippen LogP contribution in [-0.2, 0) is 10.0 Å². The average Bonchev–Trinajstić information content (AvgIpc) is 2.90. The highest BCUT2D eigenvalue weighted by Crippen LogP contribution is 2.27. The number of hydrogen-bond acceptors (Lipinski definition) is 5. The van der Waals surface area contributed by atoms with Gasteiger partial charge in [-0.3, -0.25) is 0 Å². The van der Waals surface area contributed by atoms with E-state index in [1.54, 1.807) is 12.1 Å². The quantitative estimate of drug-likeness (QED) is 0.809. The minimum atomic E-state index is -3.42. The zero-order valence-electron chi connectivity index (χ0n) is 11.8. The average molecular weight is 315 g/mol. The van der Waals surface area contributed by atoms with Crippen molar-refractivity contribution in [1.29, 1.82) is 0 Å². The molecule has 2 rings (SSSR count). The predicted molar refractivity (Wildman–Crippen MR) is 85.6 cm³/mol. The molecule has 20 heavy (non-hydrogen) atoms. The maximum atomic E-state index is 12.0. The van der Waals surface area contributed by atoms with Gasteiger partial charge < -0.3 is 11.1 Å². The lowest BCUT2D eigenvalue weighted by Crippen LogP contribution is -2.22. The first-order valence-electron chi connectivity index (χ1n) is 6.55. The zero-order chi connectivity index (χ0) is 14.8. The Morgan fingerprint density at radius 3 is 2.75 bits per heavy atom. The summed E-state index contributed by atoms with van der Waals surface area (Å²) in [6, 6.07) is 4.85. The van der Waals surface area contributed by atoms with Crippen molar-refractivity contribution in [2.45, 2.75) is 11.3 Å². The molecular formula is C13H21N3O2S2. The summed E-state index contributed by atoms with van der Waals surface area (Å²) in [5.74, 6) is 3.08. The van der Waals surface area contributed by atoms with E-state index in [1.165, 1.54) is 42.4 Å². The van der Waals surface area contributed by atoms with Crippen LogP contribution in [0.2, 0.25) is 0 Å². The van der Waals surface area contributed by atoms with Crippen molar-refractivity contribution in [3.8, 4) is 0 Å². The molecule has 1 aliphatic heterocycles. The Balaban J connectivity index is 2.09. The normalized spacial score (nSPS) is 19.4. The van der Waals surface area contributed by atoms with Gasteiger partial charge in [-0.1, -0.05) is 0 Å². The van der Waals surface area contributed by atoms with Crippen molar-refractivity contribution in [3.63, 3.8) is 0 Å². The van der Waals surface area contributed by atoms with Crippen molar-refractivity contribution in [2.24, 2.45) is 5.92 Å². The van der Waals surface area contributed by atoms with E-state index in [0.717, 1.165) is 12.2 Å². The van der Waals surface area contributed by atoms with Gasteiger partial charge in [-0.25, -0.2) is 12.7 Å². The Hall–Kier alpha value is -0.920. The standard InChI is InChI=1S/C13H21N3O2S2/c1-16(2)20(17,18)11-3-4-13(12(14)7-11)15-8-10-5-6-19-9-10/h3-4,7,10,15H,5-6,8-9,14H2,1-2H3. The first-order valence-corrected chi connectivity index (χ1v) is 9.14. The molecule has 1 aromatic carbocycles. The van der Waals surface area contributed by atoms with Gasteiger partial charge in [-0.2, -0.15) is 11.8 Å². The van der Waals surface area contributed by atoms with E-state index in [0.29, 0.717) is 11.6 Å². The van der Waals surface area contributed by atoms with Crippen molar-refractivity contribution < 1.29 is 8.42 Å². The molecule has 1 fully saturated rings. The minimum absolute atomic E-state index is 0.224. The molecule has 0 radical (unpaired) electrons. The summed E-state index contributed by atoms with van der Waals surface area (Å²) in [7, 11) is -0.406. The van der Waals surface area contributed by atoms with Gasteiger partial charge in [0, 0.05) is 20.6 Å². The van der Waals surface area contributed by atoms with E-state index >= 15 is 0 Å². The number of hydrogen-bond donors (Lipinski definition) is 2. The number of nitrogens with zero attached hydrogens (tertiary/aromatic N) is 1. The Morgan fingerprint density at radius 1 is 1.45 bits per heavy atom. The van der Waals surface area contributed by atoms with E-state index in [2.05, 4.69) is 5.32 Å². The molecule has 0 bridgehead atoms. The first-order chi connectivity index (χ1) is 9.41. The lowest BCUT2D eigenvalue weighted by atomic mass is 10.1. The molecule has 1 aromatic rings. The van der Waals surface area contributed by atoms with Crippen molar-refractivity contribution in [2.75, 3.05) is 43.2 Å². The number of nitrogens with two attached hydrogens (primary N) is 1. The molecule has 1 aliphatic rings. The molecule has 0 spiro atoms. The monoisotopic (exact) mass is 315 g/mol. The van der Waals surface area contributed by atoms with Gasteiger partial charge in [-0.05, 0) is 42.0 Å². The molecule has 1 heterocycles. The molecule has 1 atom stereocenters. The molecule has 0 saturated carbocycles. The fourth-order valence-corrected chi connectivity index (χ4v) is 4.29. The van der Waals surface area contributed by atoms with Crippen LogP contribution in [0, 0.1) is 5.92 Å². The van der Waals surface area contributed by atoms with Gasteiger partial charge in [0.1, 0.15) is 0 Å². The second-order valence-electron chi connectivity index (χ2n) is 5.15. The molecule has 5 nitrogen and oxygen atoms in total. The third-order valence-electron chi connectivity index (χ3n) is 3.41. The number of anilines is 2. The molecule has 3 N–H and O–H groups in total. The third-order valence-corrected chi connectivity index (χ3v) is 6.45. The molecule has 0 amide bonds. The van der Waals surface area contributed by atoms with E-state index in [4.69, 9.17) is 5.73 Å². The van der Waals surface area contributed by atoms with Crippen molar-refractivity contribution in [3.05, 3.63) is 18.2 Å². The topological polar surface area (TPSA) is 75.4 Å². The van der Waals surface area contributed by atoms with Gasteiger partial charge in [0.2, 0.25) is 10.0 Å². The van der Waals surface area contributed by atoms with Crippen LogP contribution in [-0.4, -0.2) is 44.9 Å². The lowest BCUT2D eigenvalue weighted by molar-refractivity contribution is 0.521. The number of benzene rings is 1. The second-order valence-corrected chi connectivity index (χ2v) is 8.45. The molecule has 1 saturated heterocycles. The van der Waals surface area contributed by atoms with Crippen LogP contribution in [0.5, 0.6) is 0 Å². The van der Waals surface area contributed by atoms with E-state index < -0.39 is 10.0 Å². The fourth-order valence-electron chi connectivity index (χ4n) is 2.07. The number of nitrogen functional groups attached to an aromatic ring is 1. The minimum Gasteiger partial charge on any atom is -0.397 e. The second kappa shape index (κ2) is 6.24. The lowest BCUT2D eigenvalue weighted by Gasteiger charge is -2.15. The summed E-state index contributed by atoms with van der Waals surface area (Å²) >= 11 is 1.97. The van der Waals surface area contributed by atoms with Crippen LogP contribution in [0.25, 0.3) is 0 Å². The fraction of sp³-hybridized carbons (Fsp3) is 0.538. The number of nitrogens with one attached hydrogen (secondary N) is 1. The molecular weight excluding hydrogens is 294 g/mol. The van der Waals surface area contributed by atoms with Gasteiger partial charge in [0.15, 0.2) is 0 Å². The Kier molecular flexibility index (Phi) is 4.82. The highest BCUT2D eigenvalue weighted by atomic mass is 32.2. The van der Waals surface area contributed by atoms with Gasteiger partial charge in [0.25, 0.3) is 0 Å². The van der Waals surface area contributed by atoms with Crippen LogP contribution in [0.4, 0.5) is 11.4 Å². The van der Waals surface area contributed by atoms with Crippen LogP contribution >= 0.6 is 11.8 Å².